The van der Waals surface area contributed by atoms with Gasteiger partial charge in [0.15, 0.2) is 5.11 Å². The van der Waals surface area contributed by atoms with E-state index in [1.165, 1.54) is 12.1 Å². The van der Waals surface area contributed by atoms with Crippen LogP contribution in [0, 0.1) is 0 Å². The highest BCUT2D eigenvalue weighted by molar-refractivity contribution is 7.80. The van der Waals surface area contributed by atoms with Crippen LogP contribution in [0.25, 0.3) is 0 Å². The van der Waals surface area contributed by atoms with Gasteiger partial charge in [-0.25, -0.2) is 0 Å². The van der Waals surface area contributed by atoms with Crippen molar-refractivity contribution in [2.75, 3.05) is 13.7 Å². The van der Waals surface area contributed by atoms with Gasteiger partial charge in [0.1, 0.15) is 11.5 Å². The van der Waals surface area contributed by atoms with Crippen molar-refractivity contribution in [3.8, 4) is 11.5 Å². The lowest BCUT2D eigenvalue weighted by Crippen LogP contribution is -2.35. The third kappa shape index (κ3) is 6.93. The fraction of sp³-hybridized carbons (Fsp3) is 0.278. The van der Waals surface area contributed by atoms with Crippen LogP contribution in [0.15, 0.2) is 48.5 Å². The van der Waals surface area contributed by atoms with Crippen LogP contribution in [0.3, 0.4) is 0 Å². The Labute approximate surface area is 151 Å². The molecule has 0 saturated heterocycles. The Hall–Kier alpha value is -2.41. The first-order chi connectivity index (χ1) is 12.1. The molecule has 2 aromatic carbocycles. The maximum atomic E-state index is 12.1. The van der Waals surface area contributed by atoms with Crippen molar-refractivity contribution < 1.29 is 18.3 Å². The molecule has 0 aliphatic heterocycles. The minimum absolute atomic E-state index is 0.156. The molecule has 2 aromatic rings. The Morgan fingerprint density at radius 2 is 1.56 bits per heavy atom. The van der Waals surface area contributed by atoms with Crippen LogP contribution in [0.5, 0.6) is 11.5 Å². The van der Waals surface area contributed by atoms with Gasteiger partial charge in [-0.2, -0.15) is 8.78 Å². The number of benzene rings is 2. The topological polar surface area (TPSA) is 42.5 Å². The van der Waals surface area contributed by atoms with Crippen molar-refractivity contribution in [1.82, 2.24) is 10.6 Å². The monoisotopic (exact) mass is 366 g/mol. The summed E-state index contributed by atoms with van der Waals surface area (Å²) in [6, 6.07) is 14.3. The second kappa shape index (κ2) is 9.78. The van der Waals surface area contributed by atoms with Gasteiger partial charge in [0.25, 0.3) is 0 Å². The first-order valence-corrected chi connectivity index (χ1v) is 8.16. The van der Waals surface area contributed by atoms with Crippen LogP contribution in [0.4, 0.5) is 8.78 Å². The highest BCUT2D eigenvalue weighted by Gasteiger charge is 2.04. The fourth-order valence-corrected chi connectivity index (χ4v) is 2.32. The van der Waals surface area contributed by atoms with E-state index in [2.05, 4.69) is 15.4 Å². The third-order valence-electron chi connectivity index (χ3n) is 3.46. The highest BCUT2D eigenvalue weighted by Crippen LogP contribution is 2.15. The van der Waals surface area contributed by atoms with Gasteiger partial charge in [-0.1, -0.05) is 24.3 Å². The Kier molecular flexibility index (Phi) is 7.40. The van der Waals surface area contributed by atoms with Crippen molar-refractivity contribution in [2.24, 2.45) is 0 Å². The molecule has 0 bridgehead atoms. The Morgan fingerprint density at radius 3 is 2.16 bits per heavy atom. The number of ether oxygens (including phenoxy) is 2. The van der Waals surface area contributed by atoms with Gasteiger partial charge in [-0.05, 0) is 54.0 Å². The molecule has 0 heterocycles. The predicted molar refractivity (Wildman–Crippen MR) is 97.2 cm³/mol. The fourth-order valence-electron chi connectivity index (χ4n) is 2.15. The molecule has 2 rings (SSSR count). The van der Waals surface area contributed by atoms with Crippen molar-refractivity contribution in [1.29, 1.82) is 0 Å². The molecule has 25 heavy (non-hydrogen) atoms. The van der Waals surface area contributed by atoms with Gasteiger partial charge < -0.3 is 20.1 Å². The minimum Gasteiger partial charge on any atom is -0.497 e. The van der Waals surface area contributed by atoms with Crippen molar-refractivity contribution >= 4 is 17.3 Å². The maximum Gasteiger partial charge on any atom is 0.387 e. The zero-order chi connectivity index (χ0) is 18.1. The average molecular weight is 366 g/mol. The molecule has 0 spiro atoms. The van der Waals surface area contributed by atoms with Gasteiger partial charge in [-0.3, -0.25) is 0 Å². The van der Waals surface area contributed by atoms with Crippen LogP contribution in [0.1, 0.15) is 11.1 Å². The van der Waals surface area contributed by atoms with E-state index in [0.717, 1.165) is 23.3 Å². The Balaban J connectivity index is 1.67. The molecule has 0 aromatic heterocycles. The molecule has 2 N–H and O–H groups in total. The number of methoxy groups -OCH3 is 1. The summed E-state index contributed by atoms with van der Waals surface area (Å²) in [5, 5.41) is 6.81. The Bertz CT molecular complexity index is 664. The number of alkyl halides is 2. The van der Waals surface area contributed by atoms with Crippen molar-refractivity contribution in [3.05, 3.63) is 59.7 Å². The second-order valence-corrected chi connectivity index (χ2v) is 5.64. The number of rotatable bonds is 8. The Morgan fingerprint density at radius 1 is 0.960 bits per heavy atom. The summed E-state index contributed by atoms with van der Waals surface area (Å²) in [7, 11) is 1.63. The van der Waals surface area contributed by atoms with E-state index in [0.29, 0.717) is 18.2 Å². The summed E-state index contributed by atoms with van der Waals surface area (Å²) in [4.78, 5) is 0. The van der Waals surface area contributed by atoms with Gasteiger partial charge in [0, 0.05) is 13.1 Å². The molecular formula is C18H20F2N2O2S. The summed E-state index contributed by atoms with van der Waals surface area (Å²) < 4.78 is 33.6. The quantitative estimate of drug-likeness (QED) is 0.700. The van der Waals surface area contributed by atoms with E-state index >= 15 is 0 Å². The number of hydrogen-bond acceptors (Lipinski definition) is 3. The van der Waals surface area contributed by atoms with Gasteiger partial charge in [0.05, 0.1) is 7.11 Å². The van der Waals surface area contributed by atoms with Crippen LogP contribution in [-0.2, 0) is 13.0 Å². The molecule has 0 unspecified atom stereocenters. The number of hydrogen-bond donors (Lipinski definition) is 2. The zero-order valence-corrected chi connectivity index (χ0v) is 14.6. The van der Waals surface area contributed by atoms with Crippen LogP contribution >= 0.6 is 12.2 Å². The number of halogens is 2. The maximum absolute atomic E-state index is 12.1. The molecule has 0 aliphatic carbocycles. The van der Waals surface area contributed by atoms with Crippen molar-refractivity contribution in [3.63, 3.8) is 0 Å². The first-order valence-electron chi connectivity index (χ1n) is 7.75. The number of nitrogens with one attached hydrogen (secondary N) is 2. The zero-order valence-electron chi connectivity index (χ0n) is 13.8. The average Bonchev–Trinajstić information content (AvgIpc) is 2.61. The molecule has 0 aliphatic rings. The normalized spacial score (nSPS) is 10.4. The largest absolute Gasteiger partial charge is 0.497 e. The van der Waals surface area contributed by atoms with E-state index in [9.17, 15) is 8.78 Å². The van der Waals surface area contributed by atoms with Crippen LogP contribution in [-0.4, -0.2) is 25.4 Å². The summed E-state index contributed by atoms with van der Waals surface area (Å²) in [5.41, 5.74) is 2.10. The van der Waals surface area contributed by atoms with E-state index < -0.39 is 6.61 Å². The van der Waals surface area contributed by atoms with Crippen LogP contribution in [0.2, 0.25) is 0 Å². The molecule has 0 amide bonds. The molecule has 0 saturated carbocycles. The molecule has 0 atom stereocenters. The molecule has 4 nitrogen and oxygen atoms in total. The lowest BCUT2D eigenvalue weighted by Gasteiger charge is -2.11. The summed E-state index contributed by atoms with van der Waals surface area (Å²) in [5.74, 6) is 0.970. The SMILES string of the molecule is COc1ccc(CNC(=S)NCCc2ccc(OC(F)F)cc2)cc1. The van der Waals surface area contributed by atoms with E-state index in [4.69, 9.17) is 17.0 Å². The van der Waals surface area contributed by atoms with Gasteiger partial charge in [0.2, 0.25) is 0 Å². The predicted octanol–water partition coefficient (Wildman–Crippen LogP) is 3.50. The smallest absolute Gasteiger partial charge is 0.387 e. The van der Waals surface area contributed by atoms with E-state index in [1.54, 1.807) is 19.2 Å². The summed E-state index contributed by atoms with van der Waals surface area (Å²) >= 11 is 5.24. The molecular weight excluding hydrogens is 346 g/mol. The standard InChI is InChI=1S/C18H20F2N2O2S/c1-23-15-6-4-14(5-7-15)12-22-18(25)21-11-10-13-2-8-16(9-3-13)24-17(19)20/h2-9,17H,10-12H2,1H3,(H2,21,22,25). The molecule has 0 fully saturated rings. The lowest BCUT2D eigenvalue weighted by molar-refractivity contribution is -0.0498. The highest BCUT2D eigenvalue weighted by atomic mass is 32.1. The van der Waals surface area contributed by atoms with Gasteiger partial charge in [-0.15, -0.1) is 0 Å². The third-order valence-corrected chi connectivity index (χ3v) is 3.75. The second-order valence-electron chi connectivity index (χ2n) is 5.23. The van der Waals surface area contributed by atoms with Crippen molar-refractivity contribution in [2.45, 2.75) is 19.6 Å². The van der Waals surface area contributed by atoms with Gasteiger partial charge >= 0.3 is 6.61 Å². The van der Waals surface area contributed by atoms with E-state index in [-0.39, 0.29) is 5.75 Å². The molecule has 0 radical (unpaired) electrons. The van der Waals surface area contributed by atoms with E-state index in [1.807, 2.05) is 24.3 Å². The van der Waals surface area contributed by atoms with Crippen LogP contribution < -0.4 is 20.1 Å². The number of thiocarbonyl (C=S) groups is 1. The first kappa shape index (κ1) is 18.9. The summed E-state index contributed by atoms with van der Waals surface area (Å²) in [6.45, 7) is -1.54. The lowest BCUT2D eigenvalue weighted by atomic mass is 10.1. The molecule has 7 heteroatoms. The minimum atomic E-state index is -2.80. The summed E-state index contributed by atoms with van der Waals surface area (Å²) in [6.07, 6.45) is 0.722. The molecule has 134 valence electrons.